The molecule has 2 fully saturated rings. The van der Waals surface area contributed by atoms with Crippen molar-refractivity contribution >= 4 is 5.91 Å². The van der Waals surface area contributed by atoms with Gasteiger partial charge in [0.2, 0.25) is 5.91 Å². The second-order valence-corrected chi connectivity index (χ2v) is 6.02. The molecule has 2 N–H and O–H groups in total. The van der Waals surface area contributed by atoms with E-state index in [1.807, 2.05) is 35.2 Å². The van der Waals surface area contributed by atoms with E-state index in [0.717, 1.165) is 18.7 Å². The molecule has 0 aromatic heterocycles. The Morgan fingerprint density at radius 2 is 2.05 bits per heavy atom. The van der Waals surface area contributed by atoms with E-state index in [1.54, 1.807) is 0 Å². The molecule has 0 aliphatic carbocycles. The van der Waals surface area contributed by atoms with Crippen LogP contribution in [-0.2, 0) is 4.79 Å². The lowest BCUT2D eigenvalue weighted by molar-refractivity contribution is -0.138. The van der Waals surface area contributed by atoms with Gasteiger partial charge in [-0.3, -0.25) is 9.69 Å². The van der Waals surface area contributed by atoms with Gasteiger partial charge in [0.05, 0.1) is 0 Å². The van der Waals surface area contributed by atoms with Gasteiger partial charge in [-0.15, -0.1) is 0 Å². The molecule has 1 aromatic rings. The van der Waals surface area contributed by atoms with Gasteiger partial charge in [0.1, 0.15) is 6.04 Å². The monoisotopic (exact) mass is 273 g/mol. The largest absolute Gasteiger partial charge is 0.335 e. The van der Waals surface area contributed by atoms with Gasteiger partial charge in [-0.05, 0) is 31.9 Å². The van der Waals surface area contributed by atoms with Gasteiger partial charge in [0.25, 0.3) is 0 Å². The quantitative estimate of drug-likeness (QED) is 0.885. The summed E-state index contributed by atoms with van der Waals surface area (Å²) in [6.45, 7) is 5.13. The van der Waals surface area contributed by atoms with Crippen molar-refractivity contribution in [2.75, 3.05) is 19.6 Å². The minimum absolute atomic E-state index is 0.0650. The van der Waals surface area contributed by atoms with Gasteiger partial charge >= 0.3 is 0 Å². The van der Waals surface area contributed by atoms with E-state index in [9.17, 15) is 4.79 Å². The summed E-state index contributed by atoms with van der Waals surface area (Å²) in [4.78, 5) is 17.2. The van der Waals surface area contributed by atoms with E-state index < -0.39 is 6.04 Å². The van der Waals surface area contributed by atoms with Crippen molar-refractivity contribution in [2.45, 2.75) is 37.9 Å². The van der Waals surface area contributed by atoms with Crippen LogP contribution in [0, 0.1) is 0 Å². The summed E-state index contributed by atoms with van der Waals surface area (Å²) in [7, 11) is 0. The zero-order valence-corrected chi connectivity index (χ0v) is 12.0. The number of nitrogens with two attached hydrogens (primary N) is 1. The van der Waals surface area contributed by atoms with E-state index in [1.165, 1.54) is 19.4 Å². The Bertz CT molecular complexity index is 476. The average molecular weight is 273 g/mol. The molecule has 0 radical (unpaired) electrons. The van der Waals surface area contributed by atoms with E-state index >= 15 is 0 Å². The van der Waals surface area contributed by atoms with Crippen LogP contribution in [0.2, 0.25) is 0 Å². The topological polar surface area (TPSA) is 49.6 Å². The lowest BCUT2D eigenvalue weighted by atomic mass is 10.0. The number of hydrogen-bond donors (Lipinski definition) is 1. The summed E-state index contributed by atoms with van der Waals surface area (Å²) in [5, 5.41) is 0. The highest BCUT2D eigenvalue weighted by Gasteiger charge is 2.37. The number of fused-ring (bicyclic) bond motifs is 1. The molecular formula is C16H23N3O. The highest BCUT2D eigenvalue weighted by molar-refractivity contribution is 5.83. The molecule has 3 rings (SSSR count). The zero-order valence-electron chi connectivity index (χ0n) is 12.0. The first kappa shape index (κ1) is 13.6. The van der Waals surface area contributed by atoms with Crippen LogP contribution in [0.4, 0.5) is 0 Å². The molecule has 0 saturated carbocycles. The van der Waals surface area contributed by atoms with Gasteiger partial charge in [-0.1, -0.05) is 30.3 Å². The molecule has 2 heterocycles. The third-order valence-corrected chi connectivity index (χ3v) is 4.65. The normalized spacial score (nSPS) is 28.2. The van der Waals surface area contributed by atoms with Crippen molar-refractivity contribution < 1.29 is 4.79 Å². The molecule has 20 heavy (non-hydrogen) atoms. The summed E-state index contributed by atoms with van der Waals surface area (Å²) < 4.78 is 0. The van der Waals surface area contributed by atoms with Gasteiger partial charge in [-0.2, -0.15) is 0 Å². The fraction of sp³-hybridized carbons (Fsp3) is 0.562. The maximum atomic E-state index is 12.7. The van der Waals surface area contributed by atoms with Crippen molar-refractivity contribution in [2.24, 2.45) is 5.73 Å². The van der Waals surface area contributed by atoms with Gasteiger partial charge in [0, 0.05) is 25.2 Å². The average Bonchev–Trinajstić information content (AvgIpc) is 2.93. The van der Waals surface area contributed by atoms with Gasteiger partial charge in [-0.25, -0.2) is 0 Å². The summed E-state index contributed by atoms with van der Waals surface area (Å²) in [6, 6.07) is 9.93. The van der Waals surface area contributed by atoms with Crippen LogP contribution in [0.25, 0.3) is 0 Å². The highest BCUT2D eigenvalue weighted by atomic mass is 16.2. The van der Waals surface area contributed by atoms with Crippen LogP contribution in [0.1, 0.15) is 31.4 Å². The second kappa shape index (κ2) is 5.54. The van der Waals surface area contributed by atoms with E-state index in [0.29, 0.717) is 6.04 Å². The SMILES string of the molecule is C[C@@H]1CN2CCC[C@H]2CN1C(=O)[C@@H](N)c1ccccc1. The van der Waals surface area contributed by atoms with Gasteiger partial charge < -0.3 is 10.6 Å². The molecule has 0 spiro atoms. The van der Waals surface area contributed by atoms with Crippen molar-refractivity contribution in [1.29, 1.82) is 0 Å². The predicted molar refractivity (Wildman–Crippen MR) is 79.1 cm³/mol. The maximum Gasteiger partial charge on any atom is 0.244 e. The third kappa shape index (κ3) is 2.45. The molecule has 2 aliphatic rings. The second-order valence-electron chi connectivity index (χ2n) is 6.02. The standard InChI is InChI=1S/C16H23N3O/c1-12-10-18-9-5-8-14(18)11-19(12)16(20)15(17)13-6-3-2-4-7-13/h2-4,6-7,12,14-15H,5,8-11,17H2,1H3/t12-,14+,15+/m1/s1. The summed E-state index contributed by atoms with van der Waals surface area (Å²) in [5.41, 5.74) is 7.07. The molecule has 1 aromatic carbocycles. The number of rotatable bonds is 2. The molecule has 2 saturated heterocycles. The fourth-order valence-corrected chi connectivity index (χ4v) is 3.48. The summed E-state index contributed by atoms with van der Waals surface area (Å²) >= 11 is 0. The highest BCUT2D eigenvalue weighted by Crippen LogP contribution is 2.26. The minimum atomic E-state index is -0.536. The lowest BCUT2D eigenvalue weighted by Gasteiger charge is -2.43. The zero-order chi connectivity index (χ0) is 14.1. The molecule has 4 heteroatoms. The van der Waals surface area contributed by atoms with Crippen molar-refractivity contribution in [1.82, 2.24) is 9.80 Å². The van der Waals surface area contributed by atoms with Crippen molar-refractivity contribution in [3.8, 4) is 0 Å². The number of amides is 1. The van der Waals surface area contributed by atoms with Gasteiger partial charge in [0.15, 0.2) is 0 Å². The first-order valence-electron chi connectivity index (χ1n) is 7.52. The van der Waals surface area contributed by atoms with Crippen LogP contribution >= 0.6 is 0 Å². The first-order chi connectivity index (χ1) is 9.66. The summed E-state index contributed by atoms with van der Waals surface area (Å²) in [6.07, 6.45) is 2.46. The molecule has 0 bridgehead atoms. The minimum Gasteiger partial charge on any atom is -0.335 e. The molecule has 0 unspecified atom stereocenters. The van der Waals surface area contributed by atoms with Crippen LogP contribution in [0.3, 0.4) is 0 Å². The number of nitrogens with zero attached hydrogens (tertiary/aromatic N) is 2. The Hall–Kier alpha value is -1.39. The molecule has 1 amide bonds. The number of hydrogen-bond acceptors (Lipinski definition) is 3. The number of piperazine rings is 1. The Labute approximate surface area is 120 Å². The number of benzene rings is 1. The van der Waals surface area contributed by atoms with Crippen LogP contribution in [-0.4, -0.2) is 47.4 Å². The summed E-state index contributed by atoms with van der Waals surface area (Å²) in [5.74, 6) is 0.0650. The van der Waals surface area contributed by atoms with Crippen LogP contribution in [0.15, 0.2) is 30.3 Å². The molecule has 108 valence electrons. The van der Waals surface area contributed by atoms with E-state index in [4.69, 9.17) is 5.73 Å². The van der Waals surface area contributed by atoms with E-state index in [2.05, 4.69) is 11.8 Å². The fourth-order valence-electron chi connectivity index (χ4n) is 3.48. The van der Waals surface area contributed by atoms with E-state index in [-0.39, 0.29) is 11.9 Å². The molecule has 3 atom stereocenters. The van der Waals surface area contributed by atoms with Crippen molar-refractivity contribution in [3.63, 3.8) is 0 Å². The smallest absolute Gasteiger partial charge is 0.244 e. The Morgan fingerprint density at radius 3 is 2.80 bits per heavy atom. The Kier molecular flexibility index (Phi) is 3.76. The lowest BCUT2D eigenvalue weighted by Crippen LogP contribution is -2.58. The molecule has 2 aliphatic heterocycles. The van der Waals surface area contributed by atoms with Crippen molar-refractivity contribution in [3.05, 3.63) is 35.9 Å². The number of carbonyl (C=O) groups excluding carboxylic acids is 1. The molecular weight excluding hydrogens is 250 g/mol. The Balaban J connectivity index is 1.73. The third-order valence-electron chi connectivity index (χ3n) is 4.65. The first-order valence-corrected chi connectivity index (χ1v) is 7.52. The maximum absolute atomic E-state index is 12.7. The molecule has 4 nitrogen and oxygen atoms in total. The predicted octanol–water partition coefficient (Wildman–Crippen LogP) is 1.38. The van der Waals surface area contributed by atoms with Crippen LogP contribution < -0.4 is 5.73 Å². The Morgan fingerprint density at radius 1 is 1.30 bits per heavy atom. The van der Waals surface area contributed by atoms with Crippen LogP contribution in [0.5, 0.6) is 0 Å². The number of carbonyl (C=O) groups is 1.